The lowest BCUT2D eigenvalue weighted by Crippen LogP contribution is -2.39. The van der Waals surface area contributed by atoms with Gasteiger partial charge in [-0.1, -0.05) is 18.2 Å². The predicted molar refractivity (Wildman–Crippen MR) is 97.3 cm³/mol. The molecule has 2 aromatic rings. The second-order valence-corrected chi connectivity index (χ2v) is 8.42. The lowest BCUT2D eigenvalue weighted by atomic mass is 9.84. The second kappa shape index (κ2) is 6.90. The summed E-state index contributed by atoms with van der Waals surface area (Å²) in [4.78, 5) is 16.8. The molecule has 2 aromatic heterocycles. The maximum absolute atomic E-state index is 12.5. The smallest absolute Gasteiger partial charge is 0.287 e. The van der Waals surface area contributed by atoms with Crippen LogP contribution in [-0.2, 0) is 12.8 Å². The summed E-state index contributed by atoms with van der Waals surface area (Å²) in [7, 11) is 1.97. The molecule has 2 fully saturated rings. The van der Waals surface area contributed by atoms with Crippen molar-refractivity contribution in [3.05, 3.63) is 36.0 Å². The second-order valence-electron chi connectivity index (χ2n) is 7.48. The molecular formula is C19H25N3O2S. The van der Waals surface area contributed by atoms with Gasteiger partial charge in [0.05, 0.1) is 5.75 Å². The average Bonchev–Trinajstić information content (AvgIpc) is 3.37. The SMILES string of the molecule is C[C@H](NC(=O)c1ccc(CSc2nccn2C)o1)[C@H]1C[C@H]2CC[C@H]1C2. The van der Waals surface area contributed by atoms with Crippen molar-refractivity contribution < 1.29 is 9.21 Å². The van der Waals surface area contributed by atoms with Crippen LogP contribution in [0.4, 0.5) is 0 Å². The first-order valence-corrected chi connectivity index (χ1v) is 10.1. The molecule has 1 amide bonds. The van der Waals surface area contributed by atoms with Gasteiger partial charge in [-0.2, -0.15) is 0 Å². The molecule has 0 spiro atoms. The molecule has 2 saturated carbocycles. The summed E-state index contributed by atoms with van der Waals surface area (Å²) in [6.45, 7) is 2.14. The Labute approximate surface area is 152 Å². The van der Waals surface area contributed by atoms with Crippen LogP contribution in [0.3, 0.4) is 0 Å². The molecule has 1 N–H and O–H groups in total. The molecule has 0 unspecified atom stereocenters. The van der Waals surface area contributed by atoms with E-state index in [1.807, 2.05) is 23.9 Å². The number of thioether (sulfide) groups is 1. The van der Waals surface area contributed by atoms with E-state index in [2.05, 4.69) is 17.2 Å². The fourth-order valence-electron chi connectivity index (χ4n) is 4.50. The summed E-state index contributed by atoms with van der Waals surface area (Å²) in [6.07, 6.45) is 9.05. The third-order valence-corrected chi connectivity index (χ3v) is 6.88. The molecule has 134 valence electrons. The number of aromatic nitrogens is 2. The zero-order valence-electron chi connectivity index (χ0n) is 14.8. The Bertz CT molecular complexity index is 753. The van der Waals surface area contributed by atoms with Crippen molar-refractivity contribution in [2.24, 2.45) is 24.8 Å². The maximum atomic E-state index is 12.5. The molecule has 0 saturated heterocycles. The Morgan fingerprint density at radius 3 is 3.00 bits per heavy atom. The Morgan fingerprint density at radius 2 is 2.32 bits per heavy atom. The van der Waals surface area contributed by atoms with Gasteiger partial charge in [0.25, 0.3) is 5.91 Å². The number of amides is 1. The van der Waals surface area contributed by atoms with Crippen molar-refractivity contribution in [3.8, 4) is 0 Å². The van der Waals surface area contributed by atoms with Gasteiger partial charge in [-0.25, -0.2) is 4.98 Å². The number of nitrogens with one attached hydrogen (secondary N) is 1. The molecule has 4 rings (SSSR count). The summed E-state index contributed by atoms with van der Waals surface area (Å²) < 4.78 is 7.71. The van der Waals surface area contributed by atoms with Crippen molar-refractivity contribution in [1.82, 2.24) is 14.9 Å². The van der Waals surface area contributed by atoms with Crippen LogP contribution in [0, 0.1) is 17.8 Å². The van der Waals surface area contributed by atoms with Crippen molar-refractivity contribution in [3.63, 3.8) is 0 Å². The Balaban J connectivity index is 1.32. The largest absolute Gasteiger partial charge is 0.455 e. The Kier molecular flexibility index (Phi) is 4.63. The summed E-state index contributed by atoms with van der Waals surface area (Å²) in [5.74, 6) is 4.12. The first kappa shape index (κ1) is 16.8. The van der Waals surface area contributed by atoms with Gasteiger partial charge in [0, 0.05) is 25.5 Å². The number of carbonyl (C=O) groups is 1. The molecule has 0 aliphatic heterocycles. The van der Waals surface area contributed by atoms with E-state index < -0.39 is 0 Å². The molecule has 4 atom stereocenters. The molecule has 2 aliphatic rings. The van der Waals surface area contributed by atoms with Gasteiger partial charge in [-0.15, -0.1) is 0 Å². The van der Waals surface area contributed by atoms with E-state index in [-0.39, 0.29) is 11.9 Å². The molecule has 2 heterocycles. The number of hydrogen-bond acceptors (Lipinski definition) is 4. The number of rotatable bonds is 6. The van der Waals surface area contributed by atoms with Gasteiger partial charge < -0.3 is 14.3 Å². The Morgan fingerprint density at radius 1 is 1.44 bits per heavy atom. The predicted octanol–water partition coefficient (Wildman–Crippen LogP) is 3.86. The standard InChI is InChI=1S/C19H25N3O2S/c1-12(16-10-13-3-4-14(16)9-13)21-18(23)17-6-5-15(24-17)11-25-19-20-7-8-22(19)2/h5-8,12-14,16H,3-4,9-11H2,1-2H3,(H,21,23)/t12-,13-,14-,16+/m0/s1. The van der Waals surface area contributed by atoms with Crippen LogP contribution in [0.25, 0.3) is 0 Å². The quantitative estimate of drug-likeness (QED) is 0.796. The Hall–Kier alpha value is -1.69. The van der Waals surface area contributed by atoms with Crippen molar-refractivity contribution >= 4 is 17.7 Å². The first-order valence-electron chi connectivity index (χ1n) is 9.10. The van der Waals surface area contributed by atoms with Crippen molar-refractivity contribution in [2.45, 2.75) is 49.6 Å². The molecule has 2 aliphatic carbocycles. The summed E-state index contributed by atoms with van der Waals surface area (Å²) in [6, 6.07) is 3.88. The summed E-state index contributed by atoms with van der Waals surface area (Å²) in [5, 5.41) is 4.10. The molecular weight excluding hydrogens is 334 g/mol. The van der Waals surface area contributed by atoms with E-state index in [9.17, 15) is 4.79 Å². The van der Waals surface area contributed by atoms with Crippen molar-refractivity contribution in [1.29, 1.82) is 0 Å². The van der Waals surface area contributed by atoms with E-state index in [0.29, 0.717) is 17.4 Å². The van der Waals surface area contributed by atoms with E-state index in [1.165, 1.54) is 25.7 Å². The minimum Gasteiger partial charge on any atom is -0.455 e. The minimum absolute atomic E-state index is 0.0940. The maximum Gasteiger partial charge on any atom is 0.287 e. The van der Waals surface area contributed by atoms with E-state index in [4.69, 9.17) is 4.42 Å². The fourth-order valence-corrected chi connectivity index (χ4v) is 5.32. The van der Waals surface area contributed by atoms with E-state index in [0.717, 1.165) is 22.8 Å². The number of aryl methyl sites for hydroxylation is 1. The zero-order valence-corrected chi connectivity index (χ0v) is 15.6. The number of furan rings is 1. The van der Waals surface area contributed by atoms with Crippen LogP contribution in [0.2, 0.25) is 0 Å². The topological polar surface area (TPSA) is 60.1 Å². The highest BCUT2D eigenvalue weighted by Gasteiger charge is 2.42. The van der Waals surface area contributed by atoms with Crippen LogP contribution in [0.1, 0.15) is 48.9 Å². The van der Waals surface area contributed by atoms with Gasteiger partial charge in [0.1, 0.15) is 5.76 Å². The van der Waals surface area contributed by atoms with Gasteiger partial charge in [-0.3, -0.25) is 4.79 Å². The fraction of sp³-hybridized carbons (Fsp3) is 0.579. The van der Waals surface area contributed by atoms with Crippen molar-refractivity contribution in [2.75, 3.05) is 0 Å². The van der Waals surface area contributed by atoms with Gasteiger partial charge in [-0.05, 0) is 56.1 Å². The monoisotopic (exact) mass is 359 g/mol. The molecule has 0 aromatic carbocycles. The summed E-state index contributed by atoms with van der Waals surface area (Å²) >= 11 is 1.60. The summed E-state index contributed by atoms with van der Waals surface area (Å²) in [5.41, 5.74) is 0. The van der Waals surface area contributed by atoms with Crippen LogP contribution in [0.15, 0.2) is 34.1 Å². The zero-order chi connectivity index (χ0) is 17.4. The molecule has 25 heavy (non-hydrogen) atoms. The number of carbonyl (C=O) groups excluding carboxylic acids is 1. The first-order chi connectivity index (χ1) is 12.1. The van der Waals surface area contributed by atoms with Crippen LogP contribution >= 0.6 is 11.8 Å². The van der Waals surface area contributed by atoms with E-state index >= 15 is 0 Å². The lowest BCUT2D eigenvalue weighted by Gasteiger charge is -2.28. The van der Waals surface area contributed by atoms with Gasteiger partial charge >= 0.3 is 0 Å². The lowest BCUT2D eigenvalue weighted by molar-refractivity contribution is 0.0885. The highest BCUT2D eigenvalue weighted by atomic mass is 32.2. The normalized spacial score (nSPS) is 26.1. The highest BCUT2D eigenvalue weighted by molar-refractivity contribution is 7.98. The highest BCUT2D eigenvalue weighted by Crippen LogP contribution is 2.49. The number of hydrogen-bond donors (Lipinski definition) is 1. The third kappa shape index (κ3) is 3.50. The van der Waals surface area contributed by atoms with Crippen LogP contribution in [0.5, 0.6) is 0 Å². The van der Waals surface area contributed by atoms with E-state index in [1.54, 1.807) is 24.0 Å². The van der Waals surface area contributed by atoms with Crippen LogP contribution in [-0.4, -0.2) is 21.5 Å². The molecule has 5 nitrogen and oxygen atoms in total. The third-order valence-electron chi connectivity index (χ3n) is 5.80. The number of imidazole rings is 1. The van der Waals surface area contributed by atoms with Gasteiger partial charge in [0.15, 0.2) is 10.9 Å². The molecule has 2 bridgehead atoms. The van der Waals surface area contributed by atoms with Gasteiger partial charge in [0.2, 0.25) is 0 Å². The molecule has 6 heteroatoms. The number of fused-ring (bicyclic) bond motifs is 2. The average molecular weight is 359 g/mol. The minimum atomic E-state index is -0.0940. The van der Waals surface area contributed by atoms with Crippen LogP contribution < -0.4 is 5.32 Å². The molecule has 0 radical (unpaired) electrons. The number of nitrogens with zero attached hydrogens (tertiary/aromatic N) is 2.